The van der Waals surface area contributed by atoms with Crippen molar-refractivity contribution in [3.05, 3.63) is 12.7 Å². The smallest absolute Gasteiger partial charge is 0.257 e. The third-order valence-corrected chi connectivity index (χ3v) is 3.44. The van der Waals surface area contributed by atoms with E-state index in [-0.39, 0.29) is 0 Å². The van der Waals surface area contributed by atoms with Gasteiger partial charge in [-0.1, -0.05) is 11.8 Å². The molecule has 0 bridgehead atoms. The Morgan fingerprint density at radius 1 is 1.42 bits per heavy atom. The Morgan fingerprint density at radius 2 is 2.32 bits per heavy atom. The van der Waals surface area contributed by atoms with Gasteiger partial charge >= 0.3 is 0 Å². The normalized spacial score (nSPS) is 15.2. The van der Waals surface area contributed by atoms with E-state index in [2.05, 4.69) is 30.4 Å². The van der Waals surface area contributed by atoms with Crippen LogP contribution in [-0.4, -0.2) is 54.7 Å². The Bertz CT molecular complexity index is 543. The second-order valence-electron chi connectivity index (χ2n) is 3.89. The lowest BCUT2D eigenvalue weighted by Gasteiger charge is -2.24. The summed E-state index contributed by atoms with van der Waals surface area (Å²) in [4.78, 5) is 16.9. The first-order chi connectivity index (χ1) is 9.35. The molecule has 0 atom stereocenters. The topological polar surface area (TPSA) is 90.6 Å². The van der Waals surface area contributed by atoms with Crippen molar-refractivity contribution >= 4 is 17.7 Å². The first-order valence-corrected chi connectivity index (χ1v) is 6.82. The molecule has 0 amide bonds. The Balaban J connectivity index is 1.89. The highest BCUT2D eigenvalue weighted by Crippen LogP contribution is 2.25. The van der Waals surface area contributed by atoms with Gasteiger partial charge in [-0.2, -0.15) is 24.7 Å². The average Bonchev–Trinajstić information content (AvgIpc) is 2.88. The van der Waals surface area contributed by atoms with E-state index < -0.39 is 0 Å². The van der Waals surface area contributed by atoms with Gasteiger partial charge < -0.3 is 10.1 Å². The molecule has 0 aromatic carbocycles. The Morgan fingerprint density at radius 3 is 2.95 bits per heavy atom. The van der Waals surface area contributed by atoms with E-state index in [9.17, 15) is 0 Å². The monoisotopic (exact) mass is 279 g/mol. The molecule has 0 unspecified atom stereocenters. The summed E-state index contributed by atoms with van der Waals surface area (Å²) in [5, 5.41) is 8.21. The van der Waals surface area contributed by atoms with Gasteiger partial charge in [-0.15, -0.1) is 0 Å². The number of aromatic nitrogens is 6. The average molecular weight is 279 g/mol. The van der Waals surface area contributed by atoms with Crippen molar-refractivity contribution in [3.8, 4) is 5.95 Å². The number of hydrogen-bond acceptors (Lipinski definition) is 8. The van der Waals surface area contributed by atoms with E-state index in [0.717, 1.165) is 19.8 Å². The SMILES string of the molecule is CCNc1nc(SC2COC2)nc(-n2cncn2)n1. The molecule has 0 saturated carbocycles. The van der Waals surface area contributed by atoms with Crippen LogP contribution in [0.15, 0.2) is 17.8 Å². The minimum absolute atomic E-state index is 0.417. The van der Waals surface area contributed by atoms with E-state index in [1.807, 2.05) is 6.92 Å². The summed E-state index contributed by atoms with van der Waals surface area (Å²) in [6, 6.07) is 0. The Hall–Kier alpha value is -1.74. The molecule has 0 radical (unpaired) electrons. The van der Waals surface area contributed by atoms with Gasteiger partial charge in [-0.05, 0) is 6.92 Å². The van der Waals surface area contributed by atoms with E-state index in [0.29, 0.717) is 22.3 Å². The summed E-state index contributed by atoms with van der Waals surface area (Å²) in [5.74, 6) is 1.01. The molecule has 1 aliphatic heterocycles. The van der Waals surface area contributed by atoms with Gasteiger partial charge in [0.05, 0.1) is 18.5 Å². The quantitative estimate of drug-likeness (QED) is 0.839. The maximum absolute atomic E-state index is 5.15. The zero-order valence-corrected chi connectivity index (χ0v) is 11.2. The molecule has 2 aromatic heterocycles. The number of hydrogen-bond donors (Lipinski definition) is 1. The molecule has 9 heteroatoms. The highest BCUT2D eigenvalue weighted by molar-refractivity contribution is 7.99. The molecule has 100 valence electrons. The molecular formula is C10H13N7OS. The summed E-state index contributed by atoms with van der Waals surface area (Å²) < 4.78 is 6.67. The highest BCUT2D eigenvalue weighted by atomic mass is 32.2. The first-order valence-electron chi connectivity index (χ1n) is 5.94. The van der Waals surface area contributed by atoms with Gasteiger partial charge in [0.2, 0.25) is 5.95 Å². The number of rotatable bonds is 5. The van der Waals surface area contributed by atoms with Crippen LogP contribution in [0.2, 0.25) is 0 Å². The second kappa shape index (κ2) is 5.49. The Kier molecular flexibility index (Phi) is 3.56. The summed E-state index contributed by atoms with van der Waals surface area (Å²) in [7, 11) is 0. The van der Waals surface area contributed by atoms with Crippen LogP contribution in [0.4, 0.5) is 5.95 Å². The van der Waals surface area contributed by atoms with Crippen LogP contribution < -0.4 is 5.32 Å². The fourth-order valence-electron chi connectivity index (χ4n) is 1.48. The van der Waals surface area contributed by atoms with Crippen LogP contribution in [0.25, 0.3) is 5.95 Å². The molecule has 3 heterocycles. The van der Waals surface area contributed by atoms with Crippen molar-refractivity contribution in [2.75, 3.05) is 25.1 Å². The molecule has 19 heavy (non-hydrogen) atoms. The molecule has 8 nitrogen and oxygen atoms in total. The van der Waals surface area contributed by atoms with Crippen molar-refractivity contribution in [3.63, 3.8) is 0 Å². The van der Waals surface area contributed by atoms with Crippen LogP contribution >= 0.6 is 11.8 Å². The highest BCUT2D eigenvalue weighted by Gasteiger charge is 2.22. The van der Waals surface area contributed by atoms with Gasteiger partial charge in [-0.25, -0.2) is 4.98 Å². The molecular weight excluding hydrogens is 266 g/mol. The van der Waals surface area contributed by atoms with E-state index in [4.69, 9.17) is 4.74 Å². The van der Waals surface area contributed by atoms with Crippen LogP contribution in [0.3, 0.4) is 0 Å². The maximum Gasteiger partial charge on any atom is 0.257 e. The van der Waals surface area contributed by atoms with Crippen molar-refractivity contribution < 1.29 is 4.74 Å². The summed E-state index contributed by atoms with van der Waals surface area (Å²) >= 11 is 1.59. The maximum atomic E-state index is 5.15. The van der Waals surface area contributed by atoms with Gasteiger partial charge in [0, 0.05) is 6.54 Å². The summed E-state index contributed by atoms with van der Waals surface area (Å²) in [5.41, 5.74) is 0. The Labute approximate surface area is 114 Å². The van der Waals surface area contributed by atoms with E-state index >= 15 is 0 Å². The number of nitrogens with zero attached hydrogens (tertiary/aromatic N) is 6. The van der Waals surface area contributed by atoms with Crippen LogP contribution in [0.1, 0.15) is 6.92 Å². The fourth-order valence-corrected chi connectivity index (χ4v) is 2.38. The molecule has 1 N–H and O–H groups in total. The van der Waals surface area contributed by atoms with Crippen LogP contribution in [-0.2, 0) is 4.74 Å². The van der Waals surface area contributed by atoms with Crippen LogP contribution in [0.5, 0.6) is 0 Å². The number of nitrogens with one attached hydrogen (secondary N) is 1. The van der Waals surface area contributed by atoms with Gasteiger partial charge in [0.1, 0.15) is 12.7 Å². The van der Waals surface area contributed by atoms with Crippen molar-refractivity contribution in [1.29, 1.82) is 0 Å². The second-order valence-corrected chi connectivity index (χ2v) is 5.16. The van der Waals surface area contributed by atoms with Gasteiger partial charge in [0.25, 0.3) is 5.95 Å². The van der Waals surface area contributed by atoms with Crippen molar-refractivity contribution in [1.82, 2.24) is 29.7 Å². The fraction of sp³-hybridized carbons (Fsp3) is 0.500. The number of anilines is 1. The molecule has 0 aliphatic carbocycles. The minimum Gasteiger partial charge on any atom is -0.379 e. The van der Waals surface area contributed by atoms with Crippen molar-refractivity contribution in [2.45, 2.75) is 17.3 Å². The largest absolute Gasteiger partial charge is 0.379 e. The van der Waals surface area contributed by atoms with E-state index in [1.54, 1.807) is 18.1 Å². The standard InChI is InChI=1S/C10H13N7OS/c1-2-12-8-14-9(17-6-11-5-13-17)16-10(15-8)19-7-3-18-4-7/h5-7H,2-4H2,1H3,(H,12,14,15,16). The molecule has 3 rings (SSSR count). The van der Waals surface area contributed by atoms with E-state index in [1.165, 1.54) is 11.0 Å². The van der Waals surface area contributed by atoms with Crippen LogP contribution in [0, 0.1) is 0 Å². The third kappa shape index (κ3) is 2.82. The molecule has 1 fully saturated rings. The summed E-state index contributed by atoms with van der Waals surface area (Å²) in [6.45, 7) is 4.22. The third-order valence-electron chi connectivity index (χ3n) is 2.44. The minimum atomic E-state index is 0.417. The molecule has 2 aromatic rings. The predicted octanol–water partition coefficient (Wildman–Crippen LogP) is 0.375. The predicted molar refractivity (Wildman–Crippen MR) is 69.4 cm³/mol. The zero-order chi connectivity index (χ0) is 13.1. The molecule has 0 spiro atoms. The van der Waals surface area contributed by atoms with Gasteiger partial charge in [0.15, 0.2) is 5.16 Å². The lowest BCUT2D eigenvalue weighted by Crippen LogP contribution is -2.30. The first kappa shape index (κ1) is 12.3. The zero-order valence-electron chi connectivity index (χ0n) is 10.4. The number of thioether (sulfide) groups is 1. The molecule has 1 saturated heterocycles. The lowest BCUT2D eigenvalue weighted by molar-refractivity contribution is 0.0454. The summed E-state index contributed by atoms with van der Waals surface area (Å²) in [6.07, 6.45) is 3.01. The van der Waals surface area contributed by atoms with Crippen molar-refractivity contribution in [2.24, 2.45) is 0 Å². The lowest BCUT2D eigenvalue weighted by atomic mass is 10.4. The van der Waals surface area contributed by atoms with Gasteiger partial charge in [-0.3, -0.25) is 0 Å². The number of ether oxygens (including phenoxy) is 1. The molecule has 1 aliphatic rings.